The van der Waals surface area contributed by atoms with Gasteiger partial charge in [-0.3, -0.25) is 4.90 Å². The topological polar surface area (TPSA) is 69.6 Å². The number of guanidine groups is 1. The van der Waals surface area contributed by atoms with E-state index < -0.39 is 0 Å². The molecule has 0 saturated carbocycles. The van der Waals surface area contributed by atoms with Crippen molar-refractivity contribution in [3.63, 3.8) is 0 Å². The number of para-hydroxylation sites is 1. The molecular weight excluding hydrogens is 526 g/mol. The highest BCUT2D eigenvalue weighted by molar-refractivity contribution is 14.0. The summed E-state index contributed by atoms with van der Waals surface area (Å²) in [5.74, 6) is 1.32. The van der Waals surface area contributed by atoms with Crippen molar-refractivity contribution in [1.82, 2.24) is 15.1 Å². The van der Waals surface area contributed by atoms with Gasteiger partial charge in [0, 0.05) is 44.8 Å². The molecule has 0 aromatic heterocycles. The van der Waals surface area contributed by atoms with E-state index in [0.717, 1.165) is 49.8 Å². The average molecular weight is 558 g/mol. The van der Waals surface area contributed by atoms with Gasteiger partial charge in [-0.1, -0.05) is 18.2 Å². The summed E-state index contributed by atoms with van der Waals surface area (Å²) in [6.07, 6.45) is 0. The molecule has 1 aliphatic heterocycles. The zero-order valence-corrected chi connectivity index (χ0v) is 21.1. The highest BCUT2D eigenvalue weighted by atomic mass is 127. The number of ether oxygens (including phenoxy) is 2. The first-order valence-electron chi connectivity index (χ1n) is 10.5. The van der Waals surface area contributed by atoms with Crippen molar-refractivity contribution in [2.24, 2.45) is 4.99 Å². The number of rotatable bonds is 7. The van der Waals surface area contributed by atoms with Crippen molar-refractivity contribution in [3.05, 3.63) is 53.3 Å². The third kappa shape index (κ3) is 6.61. The van der Waals surface area contributed by atoms with E-state index in [1.807, 2.05) is 25.1 Å². The highest BCUT2D eigenvalue weighted by Crippen LogP contribution is 2.29. The Balaban J connectivity index is 0.00000363. The number of nitrogens with one attached hydrogen (secondary N) is 1. The fourth-order valence-corrected chi connectivity index (χ4v) is 3.63. The number of benzene rings is 2. The summed E-state index contributed by atoms with van der Waals surface area (Å²) in [5, 5.41) is 13.6. The van der Waals surface area contributed by atoms with Gasteiger partial charge in [0.15, 0.2) is 29.0 Å². The van der Waals surface area contributed by atoms with Crippen LogP contribution < -0.4 is 14.8 Å². The second-order valence-corrected chi connectivity index (χ2v) is 7.37. The zero-order chi connectivity index (χ0) is 22.2. The molecule has 176 valence electrons. The molecule has 0 radical (unpaired) electrons. The van der Waals surface area contributed by atoms with Crippen LogP contribution in [0.3, 0.4) is 0 Å². The van der Waals surface area contributed by atoms with Crippen LogP contribution in [0.15, 0.2) is 41.4 Å². The largest absolute Gasteiger partial charge is 0.504 e. The predicted molar refractivity (Wildman–Crippen MR) is 135 cm³/mol. The molecule has 2 aromatic rings. The number of nitrogens with zero attached hydrogens (tertiary/aromatic N) is 3. The van der Waals surface area contributed by atoms with Crippen LogP contribution in [0.1, 0.15) is 18.1 Å². The predicted octanol–water partition coefficient (Wildman–Crippen LogP) is 3.45. The highest BCUT2D eigenvalue weighted by Gasteiger charge is 2.20. The lowest BCUT2D eigenvalue weighted by atomic mass is 10.2. The van der Waals surface area contributed by atoms with Crippen molar-refractivity contribution in [1.29, 1.82) is 0 Å². The maximum absolute atomic E-state index is 14.0. The fraction of sp³-hybridized carbons (Fsp3) is 0.435. The molecule has 0 spiro atoms. The molecule has 32 heavy (non-hydrogen) atoms. The Morgan fingerprint density at radius 3 is 2.44 bits per heavy atom. The molecule has 3 rings (SSSR count). The van der Waals surface area contributed by atoms with E-state index in [1.165, 1.54) is 20.3 Å². The molecule has 1 saturated heterocycles. The molecule has 2 N–H and O–H groups in total. The number of hydrogen-bond acceptors (Lipinski definition) is 5. The van der Waals surface area contributed by atoms with Gasteiger partial charge in [0.05, 0.1) is 20.8 Å². The SMILES string of the molecule is CCNC(=NCc1cccc(OC)c1O)N1CCN(Cc2ccc(OC)c(F)c2)CC1.I. The number of hydrogen-bond donors (Lipinski definition) is 2. The van der Waals surface area contributed by atoms with Gasteiger partial charge in [0.1, 0.15) is 0 Å². The smallest absolute Gasteiger partial charge is 0.194 e. The van der Waals surface area contributed by atoms with Gasteiger partial charge < -0.3 is 24.8 Å². The van der Waals surface area contributed by atoms with Crippen LogP contribution >= 0.6 is 24.0 Å². The lowest BCUT2D eigenvalue weighted by Crippen LogP contribution is -2.52. The second-order valence-electron chi connectivity index (χ2n) is 7.37. The number of methoxy groups -OCH3 is 2. The third-order valence-electron chi connectivity index (χ3n) is 5.33. The lowest BCUT2D eigenvalue weighted by molar-refractivity contribution is 0.172. The molecule has 2 aromatic carbocycles. The molecule has 1 heterocycles. The van der Waals surface area contributed by atoms with E-state index in [2.05, 4.69) is 15.1 Å². The molecular formula is C23H32FIN4O3. The van der Waals surface area contributed by atoms with Gasteiger partial charge >= 0.3 is 0 Å². The Hall–Kier alpha value is -2.27. The molecule has 0 atom stereocenters. The zero-order valence-electron chi connectivity index (χ0n) is 18.8. The van der Waals surface area contributed by atoms with Gasteiger partial charge in [-0.05, 0) is 30.7 Å². The van der Waals surface area contributed by atoms with E-state index in [1.54, 1.807) is 12.1 Å². The van der Waals surface area contributed by atoms with Gasteiger partial charge in [0.2, 0.25) is 0 Å². The molecule has 0 aliphatic carbocycles. The number of aliphatic imine (C=N–C) groups is 1. The number of phenols is 1. The Kier molecular flexibility index (Phi) is 10.3. The summed E-state index contributed by atoms with van der Waals surface area (Å²) in [6, 6.07) is 10.5. The van der Waals surface area contributed by atoms with Crippen molar-refractivity contribution in [2.75, 3.05) is 46.9 Å². The average Bonchev–Trinajstić information content (AvgIpc) is 2.78. The van der Waals surface area contributed by atoms with Crippen LogP contribution in [-0.4, -0.2) is 67.8 Å². The van der Waals surface area contributed by atoms with E-state index in [0.29, 0.717) is 18.8 Å². The van der Waals surface area contributed by atoms with Gasteiger partial charge in [0.25, 0.3) is 0 Å². The van der Waals surface area contributed by atoms with E-state index >= 15 is 0 Å². The van der Waals surface area contributed by atoms with Crippen LogP contribution in [0.4, 0.5) is 4.39 Å². The quantitative estimate of drug-likeness (QED) is 0.309. The molecule has 0 unspecified atom stereocenters. The summed E-state index contributed by atoms with van der Waals surface area (Å²) < 4.78 is 24.1. The van der Waals surface area contributed by atoms with Crippen molar-refractivity contribution < 1.29 is 19.0 Å². The number of piperazine rings is 1. The molecule has 1 fully saturated rings. The monoisotopic (exact) mass is 558 g/mol. The fourth-order valence-electron chi connectivity index (χ4n) is 3.63. The Labute approximate surface area is 206 Å². The molecule has 7 nitrogen and oxygen atoms in total. The minimum atomic E-state index is -0.332. The van der Waals surface area contributed by atoms with E-state index in [-0.39, 0.29) is 41.3 Å². The maximum Gasteiger partial charge on any atom is 0.194 e. The van der Waals surface area contributed by atoms with Crippen LogP contribution in [0.2, 0.25) is 0 Å². The first-order valence-corrected chi connectivity index (χ1v) is 10.5. The van der Waals surface area contributed by atoms with Crippen LogP contribution in [0.5, 0.6) is 17.2 Å². The first-order chi connectivity index (χ1) is 15.0. The van der Waals surface area contributed by atoms with Crippen LogP contribution in [0, 0.1) is 5.82 Å². The molecule has 1 aliphatic rings. The van der Waals surface area contributed by atoms with Gasteiger partial charge in [-0.15, -0.1) is 24.0 Å². The van der Waals surface area contributed by atoms with E-state index in [9.17, 15) is 9.50 Å². The summed E-state index contributed by atoms with van der Waals surface area (Å²) in [7, 11) is 3.00. The van der Waals surface area contributed by atoms with Crippen molar-refractivity contribution >= 4 is 29.9 Å². The minimum Gasteiger partial charge on any atom is -0.504 e. The van der Waals surface area contributed by atoms with Crippen molar-refractivity contribution in [2.45, 2.75) is 20.0 Å². The number of aromatic hydroxyl groups is 1. The van der Waals surface area contributed by atoms with Crippen molar-refractivity contribution in [3.8, 4) is 17.2 Å². The standard InChI is InChI=1S/C23H31FN4O3.HI/c1-4-25-23(26-15-18-6-5-7-21(31-3)22(18)29)28-12-10-27(11-13-28)16-17-8-9-20(30-2)19(24)14-17;/h5-9,14,29H,4,10-13,15-16H2,1-3H3,(H,25,26);1H. The molecule has 0 bridgehead atoms. The number of phenolic OH excluding ortho intramolecular Hbond substituents is 1. The van der Waals surface area contributed by atoms with Gasteiger partial charge in [-0.2, -0.15) is 0 Å². The number of halogens is 2. The lowest BCUT2D eigenvalue weighted by Gasteiger charge is -2.36. The summed E-state index contributed by atoms with van der Waals surface area (Å²) in [6.45, 7) is 7.17. The van der Waals surface area contributed by atoms with Gasteiger partial charge in [-0.25, -0.2) is 9.38 Å². The molecule has 0 amide bonds. The van der Waals surface area contributed by atoms with E-state index in [4.69, 9.17) is 14.5 Å². The summed E-state index contributed by atoms with van der Waals surface area (Å²) >= 11 is 0. The summed E-state index contributed by atoms with van der Waals surface area (Å²) in [5.41, 5.74) is 1.65. The minimum absolute atomic E-state index is 0. The van der Waals surface area contributed by atoms with Crippen LogP contribution in [-0.2, 0) is 13.1 Å². The normalized spacial score (nSPS) is 14.6. The maximum atomic E-state index is 14.0. The Bertz CT molecular complexity index is 905. The summed E-state index contributed by atoms with van der Waals surface area (Å²) in [4.78, 5) is 9.23. The Morgan fingerprint density at radius 2 is 1.81 bits per heavy atom. The Morgan fingerprint density at radius 1 is 1.09 bits per heavy atom. The third-order valence-corrected chi connectivity index (χ3v) is 5.33. The molecule has 9 heteroatoms. The van der Waals surface area contributed by atoms with Crippen LogP contribution in [0.25, 0.3) is 0 Å². The first kappa shape index (κ1) is 26.0. The second kappa shape index (κ2) is 12.7.